The SMILES string of the molecule is CCCCCC/C=C/COC[C@@H]1OC[C@@H](O)[C@H](O)[C@H]1O. The van der Waals surface area contributed by atoms with Crippen LogP contribution in [0.15, 0.2) is 12.2 Å². The molecule has 1 aliphatic rings. The molecule has 1 aliphatic heterocycles. The van der Waals surface area contributed by atoms with Crippen LogP contribution in [0.1, 0.15) is 39.0 Å². The zero-order chi connectivity index (χ0) is 14.8. The lowest BCUT2D eigenvalue weighted by Gasteiger charge is -2.34. The second-order valence-electron chi connectivity index (χ2n) is 5.28. The number of hydrogen-bond acceptors (Lipinski definition) is 5. The first kappa shape index (κ1) is 17.6. The number of aliphatic hydroxyl groups is 3. The van der Waals surface area contributed by atoms with Crippen molar-refractivity contribution in [2.24, 2.45) is 0 Å². The number of allylic oxidation sites excluding steroid dienone is 1. The molecule has 1 saturated heterocycles. The lowest BCUT2D eigenvalue weighted by Crippen LogP contribution is -2.54. The number of unbranched alkanes of at least 4 members (excludes halogenated alkanes) is 4. The maximum absolute atomic E-state index is 9.70. The van der Waals surface area contributed by atoms with Crippen LogP contribution >= 0.6 is 0 Å². The summed E-state index contributed by atoms with van der Waals surface area (Å²) in [5, 5.41) is 28.5. The van der Waals surface area contributed by atoms with Crippen molar-refractivity contribution in [2.45, 2.75) is 63.4 Å². The summed E-state index contributed by atoms with van der Waals surface area (Å²) in [7, 11) is 0. The van der Waals surface area contributed by atoms with Crippen molar-refractivity contribution in [2.75, 3.05) is 19.8 Å². The molecule has 0 saturated carbocycles. The number of hydrogen-bond donors (Lipinski definition) is 3. The van der Waals surface area contributed by atoms with Gasteiger partial charge in [0.25, 0.3) is 0 Å². The van der Waals surface area contributed by atoms with Crippen molar-refractivity contribution >= 4 is 0 Å². The molecule has 0 aromatic heterocycles. The zero-order valence-electron chi connectivity index (χ0n) is 12.3. The van der Waals surface area contributed by atoms with E-state index in [1.807, 2.05) is 6.08 Å². The molecule has 118 valence electrons. The van der Waals surface area contributed by atoms with Crippen LogP contribution in [-0.2, 0) is 9.47 Å². The summed E-state index contributed by atoms with van der Waals surface area (Å²) < 4.78 is 10.6. The minimum atomic E-state index is -1.16. The summed E-state index contributed by atoms with van der Waals surface area (Å²) in [4.78, 5) is 0. The van der Waals surface area contributed by atoms with E-state index in [0.717, 1.165) is 6.42 Å². The molecule has 4 atom stereocenters. The second kappa shape index (κ2) is 10.3. The van der Waals surface area contributed by atoms with E-state index in [4.69, 9.17) is 9.47 Å². The molecule has 0 amide bonds. The van der Waals surface area contributed by atoms with Crippen LogP contribution in [0.2, 0.25) is 0 Å². The standard InChI is InChI=1S/C15H28O5/c1-2-3-4-5-6-7-8-9-19-11-13-15(18)14(17)12(16)10-20-13/h7-8,12-18H,2-6,9-11H2,1H3/b8-7+/t12-,13+,14+,15+/m1/s1. The second-order valence-corrected chi connectivity index (χ2v) is 5.28. The molecule has 0 aliphatic carbocycles. The number of rotatable bonds is 9. The van der Waals surface area contributed by atoms with Gasteiger partial charge in [-0.15, -0.1) is 0 Å². The van der Waals surface area contributed by atoms with Gasteiger partial charge in [-0.25, -0.2) is 0 Å². The summed E-state index contributed by atoms with van der Waals surface area (Å²) in [5.74, 6) is 0. The third kappa shape index (κ3) is 6.33. The highest BCUT2D eigenvalue weighted by atomic mass is 16.6. The Hall–Kier alpha value is -0.460. The quantitative estimate of drug-likeness (QED) is 0.436. The summed E-state index contributed by atoms with van der Waals surface area (Å²) in [6.07, 6.45) is 6.28. The van der Waals surface area contributed by atoms with Gasteiger partial charge in [-0.05, 0) is 12.8 Å². The Labute approximate surface area is 121 Å². The minimum Gasteiger partial charge on any atom is -0.388 e. The molecule has 0 radical (unpaired) electrons. The van der Waals surface area contributed by atoms with E-state index in [-0.39, 0.29) is 13.2 Å². The molecule has 1 rings (SSSR count). The van der Waals surface area contributed by atoms with Crippen molar-refractivity contribution in [3.63, 3.8) is 0 Å². The first-order valence-electron chi connectivity index (χ1n) is 7.55. The van der Waals surface area contributed by atoms with E-state index in [2.05, 4.69) is 13.0 Å². The number of aliphatic hydroxyl groups excluding tert-OH is 3. The molecule has 3 N–H and O–H groups in total. The van der Waals surface area contributed by atoms with Crippen LogP contribution in [0.5, 0.6) is 0 Å². The van der Waals surface area contributed by atoms with E-state index < -0.39 is 24.4 Å². The number of ether oxygens (including phenoxy) is 2. The lowest BCUT2D eigenvalue weighted by atomic mass is 10.0. The van der Waals surface area contributed by atoms with Gasteiger partial charge in [0.2, 0.25) is 0 Å². The predicted molar refractivity (Wildman–Crippen MR) is 76.5 cm³/mol. The highest BCUT2D eigenvalue weighted by Crippen LogP contribution is 2.15. The fraction of sp³-hybridized carbons (Fsp3) is 0.867. The molecule has 5 heteroatoms. The van der Waals surface area contributed by atoms with Gasteiger partial charge in [0.15, 0.2) is 0 Å². The van der Waals surface area contributed by atoms with Crippen LogP contribution in [-0.4, -0.2) is 59.6 Å². The molecule has 0 aromatic carbocycles. The lowest BCUT2D eigenvalue weighted by molar-refractivity contribution is -0.198. The van der Waals surface area contributed by atoms with Crippen LogP contribution < -0.4 is 0 Å². The molecule has 0 aromatic rings. The van der Waals surface area contributed by atoms with Crippen molar-refractivity contribution in [3.05, 3.63) is 12.2 Å². The monoisotopic (exact) mass is 288 g/mol. The fourth-order valence-corrected chi connectivity index (χ4v) is 2.14. The Morgan fingerprint density at radius 1 is 1.10 bits per heavy atom. The maximum atomic E-state index is 9.70. The van der Waals surface area contributed by atoms with Gasteiger partial charge < -0.3 is 24.8 Å². The van der Waals surface area contributed by atoms with Crippen LogP contribution in [0.25, 0.3) is 0 Å². The van der Waals surface area contributed by atoms with Gasteiger partial charge in [-0.1, -0.05) is 38.3 Å². The summed E-state index contributed by atoms with van der Waals surface area (Å²) >= 11 is 0. The molecule has 0 spiro atoms. The van der Waals surface area contributed by atoms with Gasteiger partial charge in [-0.3, -0.25) is 0 Å². The predicted octanol–water partition coefficient (Wildman–Crippen LogP) is 1.01. The normalized spacial score (nSPS) is 31.0. The van der Waals surface area contributed by atoms with Crippen LogP contribution in [0.4, 0.5) is 0 Å². The van der Waals surface area contributed by atoms with E-state index in [0.29, 0.717) is 6.61 Å². The molecule has 0 bridgehead atoms. The summed E-state index contributed by atoms with van der Waals surface area (Å²) in [6, 6.07) is 0. The van der Waals surface area contributed by atoms with Crippen LogP contribution in [0, 0.1) is 0 Å². The molecular weight excluding hydrogens is 260 g/mol. The maximum Gasteiger partial charge on any atom is 0.111 e. The summed E-state index contributed by atoms with van der Waals surface area (Å²) in [5.41, 5.74) is 0. The summed E-state index contributed by atoms with van der Waals surface area (Å²) in [6.45, 7) is 2.91. The Kier molecular flexibility index (Phi) is 9.05. The first-order valence-corrected chi connectivity index (χ1v) is 7.55. The Morgan fingerprint density at radius 3 is 2.65 bits per heavy atom. The molecule has 5 nitrogen and oxygen atoms in total. The van der Waals surface area contributed by atoms with Gasteiger partial charge in [0.05, 0.1) is 19.8 Å². The van der Waals surface area contributed by atoms with Gasteiger partial charge in [0.1, 0.15) is 24.4 Å². The largest absolute Gasteiger partial charge is 0.388 e. The van der Waals surface area contributed by atoms with Crippen LogP contribution in [0.3, 0.4) is 0 Å². The van der Waals surface area contributed by atoms with E-state index in [1.165, 1.54) is 25.7 Å². The Balaban J connectivity index is 2.05. The Morgan fingerprint density at radius 2 is 1.90 bits per heavy atom. The van der Waals surface area contributed by atoms with Crippen molar-refractivity contribution in [1.29, 1.82) is 0 Å². The molecule has 1 fully saturated rings. The Bertz CT molecular complexity index is 269. The molecule has 0 unspecified atom stereocenters. The van der Waals surface area contributed by atoms with Gasteiger partial charge >= 0.3 is 0 Å². The average Bonchev–Trinajstić information content (AvgIpc) is 2.45. The third-order valence-corrected chi connectivity index (χ3v) is 3.49. The van der Waals surface area contributed by atoms with E-state index >= 15 is 0 Å². The first-order chi connectivity index (χ1) is 9.66. The zero-order valence-corrected chi connectivity index (χ0v) is 12.3. The van der Waals surface area contributed by atoms with E-state index in [9.17, 15) is 15.3 Å². The molecule has 20 heavy (non-hydrogen) atoms. The third-order valence-electron chi connectivity index (χ3n) is 3.49. The highest BCUT2D eigenvalue weighted by molar-refractivity contribution is 4.87. The van der Waals surface area contributed by atoms with Crippen molar-refractivity contribution in [1.82, 2.24) is 0 Å². The van der Waals surface area contributed by atoms with Gasteiger partial charge in [0, 0.05) is 0 Å². The molecular formula is C15H28O5. The topological polar surface area (TPSA) is 79.2 Å². The minimum absolute atomic E-state index is 0.0273. The fourth-order valence-electron chi connectivity index (χ4n) is 2.14. The van der Waals surface area contributed by atoms with Crippen molar-refractivity contribution in [3.8, 4) is 0 Å². The van der Waals surface area contributed by atoms with Crippen molar-refractivity contribution < 1.29 is 24.8 Å². The van der Waals surface area contributed by atoms with Gasteiger partial charge in [-0.2, -0.15) is 0 Å². The highest BCUT2D eigenvalue weighted by Gasteiger charge is 2.37. The molecule has 1 heterocycles. The smallest absolute Gasteiger partial charge is 0.111 e. The average molecular weight is 288 g/mol. The van der Waals surface area contributed by atoms with E-state index in [1.54, 1.807) is 0 Å².